The summed E-state index contributed by atoms with van der Waals surface area (Å²) < 4.78 is 2.66. The molecule has 0 aliphatic carbocycles. The van der Waals surface area contributed by atoms with Crippen LogP contribution in [-0.4, -0.2) is 20.3 Å². The Morgan fingerprint density at radius 1 is 1.33 bits per heavy atom. The molecular weight excluding hydrogens is 249 g/mol. The van der Waals surface area contributed by atoms with Gasteiger partial charge in [0.2, 0.25) is 0 Å². The van der Waals surface area contributed by atoms with Gasteiger partial charge in [0.15, 0.2) is 0 Å². The minimum atomic E-state index is 0.875. The quantitative estimate of drug-likeness (QED) is 0.344. The molecule has 76 valence electrons. The normalized spacial score (nSPS) is 8.60. The molecule has 0 spiro atoms. The van der Waals surface area contributed by atoms with Crippen molar-refractivity contribution in [2.75, 3.05) is 0 Å². The summed E-state index contributed by atoms with van der Waals surface area (Å²) in [5, 5.41) is 0. The molecule has 1 rings (SSSR count). The zero-order valence-electron chi connectivity index (χ0n) is 8.79. The fourth-order valence-electron chi connectivity index (χ4n) is 1.15. The van der Waals surface area contributed by atoms with Crippen molar-refractivity contribution in [3.63, 3.8) is 0 Å². The zero-order valence-corrected chi connectivity index (χ0v) is 10.5. The first kappa shape index (κ1) is 12.0. The molecule has 15 heavy (non-hydrogen) atoms. The van der Waals surface area contributed by atoms with Crippen molar-refractivity contribution in [1.82, 2.24) is 0 Å². The summed E-state index contributed by atoms with van der Waals surface area (Å²) in [5.74, 6) is 6.29. The molecule has 0 aliphatic rings. The molecule has 0 radical (unpaired) electrons. The molecule has 0 fully saturated rings. The van der Waals surface area contributed by atoms with Gasteiger partial charge in [-0.3, -0.25) is 0 Å². The summed E-state index contributed by atoms with van der Waals surface area (Å²) in [6, 6.07) is 7.85. The molecule has 1 aromatic carbocycles. The van der Waals surface area contributed by atoms with Crippen LogP contribution in [0.15, 0.2) is 29.3 Å². The van der Waals surface area contributed by atoms with E-state index in [0.717, 1.165) is 24.1 Å². The predicted octanol–water partition coefficient (Wildman–Crippen LogP) is 2.93. The molecule has 0 aromatic heterocycles. The Balaban J connectivity index is 2.82. The monoisotopic (exact) mass is 263 g/mol. The fourth-order valence-corrected chi connectivity index (χ4v) is 1.36. The van der Waals surface area contributed by atoms with Crippen LogP contribution in [0.25, 0.3) is 0 Å². The van der Waals surface area contributed by atoms with Crippen LogP contribution >= 0.6 is 0 Å². The van der Waals surface area contributed by atoms with Crippen LogP contribution in [-0.2, 0) is 0 Å². The van der Waals surface area contributed by atoms with Gasteiger partial charge < -0.3 is 0 Å². The van der Waals surface area contributed by atoms with Gasteiger partial charge in [0.05, 0.1) is 0 Å². The third-order valence-electron chi connectivity index (χ3n) is 1.95. The van der Waals surface area contributed by atoms with E-state index in [4.69, 9.17) is 0 Å². The molecule has 0 N–H and O–H groups in total. The molecule has 0 saturated heterocycles. The number of benzene rings is 1. The third-order valence-corrected chi connectivity index (χ3v) is 2.14. The Morgan fingerprint density at radius 3 is 2.87 bits per heavy atom. The molecule has 0 heterocycles. The van der Waals surface area contributed by atoms with Crippen molar-refractivity contribution in [3.8, 4) is 11.8 Å². The van der Waals surface area contributed by atoms with Crippen molar-refractivity contribution in [1.29, 1.82) is 0 Å². The summed E-state index contributed by atoms with van der Waals surface area (Å²) in [4.78, 5) is 4.10. The van der Waals surface area contributed by atoms with Gasteiger partial charge >= 0.3 is 98.8 Å². The molecule has 0 atom stereocenters. The van der Waals surface area contributed by atoms with Crippen LogP contribution in [0.3, 0.4) is 0 Å². The van der Waals surface area contributed by atoms with E-state index in [9.17, 15) is 0 Å². The topological polar surface area (TPSA) is 12.4 Å². The van der Waals surface area contributed by atoms with Gasteiger partial charge in [-0.2, -0.15) is 0 Å². The Kier molecular flexibility index (Phi) is 5.74. The summed E-state index contributed by atoms with van der Waals surface area (Å²) >= 11 is 2.63. The third kappa shape index (κ3) is 4.28. The number of hydrogen-bond donors (Lipinski definition) is 0. The average Bonchev–Trinajstić information content (AvgIpc) is 2.27. The number of hydrogen-bond acceptors (Lipinski definition) is 1. The van der Waals surface area contributed by atoms with E-state index in [1.807, 2.05) is 24.3 Å². The molecule has 0 amide bonds. The first-order valence-electron chi connectivity index (χ1n) is 5.04. The van der Waals surface area contributed by atoms with Gasteiger partial charge in [-0.25, -0.2) is 0 Å². The van der Waals surface area contributed by atoms with Crippen LogP contribution < -0.4 is 0 Å². The Labute approximate surface area is 99.0 Å². The fraction of sp³-hybridized carbons (Fsp3) is 0.308. The Hall–Kier alpha value is -1.12. The van der Waals surface area contributed by atoms with Crippen LogP contribution in [0.1, 0.15) is 31.7 Å². The molecule has 0 bridgehead atoms. The number of aliphatic imine (C=N–C) groups is 1. The van der Waals surface area contributed by atoms with E-state index < -0.39 is 0 Å². The van der Waals surface area contributed by atoms with Gasteiger partial charge in [-0.05, 0) is 0 Å². The van der Waals surface area contributed by atoms with Crippen LogP contribution in [0.4, 0.5) is 5.69 Å². The maximum atomic E-state index is 4.10. The Bertz CT molecular complexity index is 420. The van der Waals surface area contributed by atoms with Gasteiger partial charge in [0.1, 0.15) is 0 Å². The van der Waals surface area contributed by atoms with E-state index in [0.29, 0.717) is 0 Å². The maximum absolute atomic E-state index is 4.10. The first-order valence-corrected chi connectivity index (χ1v) is 5.90. The van der Waals surface area contributed by atoms with Crippen LogP contribution in [0, 0.1) is 11.8 Å². The van der Waals surface area contributed by atoms with Gasteiger partial charge in [-0.15, -0.1) is 0 Å². The molecule has 0 aliphatic heterocycles. The van der Waals surface area contributed by atoms with E-state index in [-0.39, 0.29) is 0 Å². The predicted molar refractivity (Wildman–Crippen MR) is 65.7 cm³/mol. The Morgan fingerprint density at radius 2 is 2.13 bits per heavy atom. The van der Waals surface area contributed by atoms with Gasteiger partial charge in [0.25, 0.3) is 0 Å². The molecule has 1 aromatic rings. The molecule has 1 nitrogen and oxygen atoms in total. The van der Waals surface area contributed by atoms with E-state index in [1.54, 1.807) is 0 Å². The van der Waals surface area contributed by atoms with Gasteiger partial charge in [0, 0.05) is 0 Å². The SMILES string of the molecule is CCCCC#Cc1ccccc1N=C=[Se]. The summed E-state index contributed by atoms with van der Waals surface area (Å²) in [6.07, 6.45) is 3.30. The molecule has 0 unspecified atom stereocenters. The van der Waals surface area contributed by atoms with Crippen LogP contribution in [0.2, 0.25) is 0 Å². The van der Waals surface area contributed by atoms with Crippen molar-refractivity contribution >= 4 is 26.0 Å². The standard InChI is InChI=1S/C13H13NSe/c1-2-3-4-5-8-12-9-6-7-10-13(12)14-11-15/h6-7,9-10H,2-4H2,1H3. The second-order valence-corrected chi connectivity index (χ2v) is 3.51. The van der Waals surface area contributed by atoms with Crippen molar-refractivity contribution in [3.05, 3.63) is 29.8 Å². The molecule has 0 saturated carbocycles. The number of nitrogens with zero attached hydrogens (tertiary/aromatic N) is 1. The first-order chi connectivity index (χ1) is 7.38. The zero-order chi connectivity index (χ0) is 10.9. The second-order valence-electron chi connectivity index (χ2n) is 3.13. The van der Waals surface area contributed by atoms with E-state index >= 15 is 0 Å². The molecule has 2 heteroatoms. The molecular formula is C13H13NSe. The summed E-state index contributed by atoms with van der Waals surface area (Å²) in [7, 11) is 0. The van der Waals surface area contributed by atoms with Crippen LogP contribution in [0.5, 0.6) is 0 Å². The van der Waals surface area contributed by atoms with Crippen molar-refractivity contribution in [2.45, 2.75) is 26.2 Å². The number of para-hydroxylation sites is 1. The van der Waals surface area contributed by atoms with Crippen molar-refractivity contribution in [2.24, 2.45) is 4.99 Å². The van der Waals surface area contributed by atoms with E-state index in [2.05, 4.69) is 44.0 Å². The van der Waals surface area contributed by atoms with Gasteiger partial charge in [-0.1, -0.05) is 0 Å². The summed E-state index contributed by atoms with van der Waals surface area (Å²) in [6.45, 7) is 2.17. The summed E-state index contributed by atoms with van der Waals surface area (Å²) in [5.41, 5.74) is 1.84. The van der Waals surface area contributed by atoms with E-state index in [1.165, 1.54) is 6.42 Å². The average molecular weight is 262 g/mol. The number of unbranched alkanes of at least 4 members (excludes halogenated alkanes) is 2. The number of rotatable bonds is 3. The minimum absolute atomic E-state index is 0.875. The second kappa shape index (κ2) is 7.21. The van der Waals surface area contributed by atoms with Crippen molar-refractivity contribution < 1.29 is 0 Å².